The van der Waals surface area contributed by atoms with Gasteiger partial charge in [0, 0.05) is 61.2 Å². The average molecular weight is 421 g/mol. The molecule has 8 atom stereocenters. The van der Waals surface area contributed by atoms with E-state index in [2.05, 4.69) is 58.4 Å². The van der Waals surface area contributed by atoms with Gasteiger partial charge in [-0.05, 0) is 71.6 Å². The van der Waals surface area contributed by atoms with Crippen LogP contribution in [0.15, 0.2) is 48.6 Å². The normalized spacial score (nSPS) is 42.6. The summed E-state index contributed by atoms with van der Waals surface area (Å²) in [4.78, 5) is 5.78. The first-order chi connectivity index (χ1) is 15.9. The molecule has 9 rings (SSSR count). The highest BCUT2D eigenvalue weighted by molar-refractivity contribution is 5.84. The minimum Gasteiger partial charge on any atom is -0.370 e. The van der Waals surface area contributed by atoms with Crippen molar-refractivity contribution in [1.29, 1.82) is 0 Å². The van der Waals surface area contributed by atoms with Crippen LogP contribution in [0.4, 0.5) is 11.4 Å². The Bertz CT molecular complexity index is 992. The number of fused-ring (bicyclic) bond motifs is 10. The lowest BCUT2D eigenvalue weighted by atomic mass is 9.64. The molecule has 162 valence electrons. The molecule has 1 aromatic carbocycles. The molecule has 2 nitrogen and oxygen atoms in total. The van der Waals surface area contributed by atoms with Crippen molar-refractivity contribution in [3.05, 3.63) is 70.9 Å². The van der Waals surface area contributed by atoms with Gasteiger partial charge in [-0.1, -0.05) is 48.6 Å². The van der Waals surface area contributed by atoms with E-state index in [1.165, 1.54) is 51.9 Å². The van der Waals surface area contributed by atoms with Gasteiger partial charge in [-0.15, -0.1) is 0 Å². The Labute approximate surface area is 191 Å². The highest BCUT2D eigenvalue weighted by Crippen LogP contribution is 2.64. The molecule has 32 heavy (non-hydrogen) atoms. The summed E-state index contributed by atoms with van der Waals surface area (Å²) in [6.07, 6.45) is 25.5. The molecule has 0 N–H and O–H groups in total. The van der Waals surface area contributed by atoms with Gasteiger partial charge in [-0.3, -0.25) is 0 Å². The van der Waals surface area contributed by atoms with Crippen LogP contribution < -0.4 is 9.80 Å². The largest absolute Gasteiger partial charge is 0.370 e. The monoisotopic (exact) mass is 420 g/mol. The van der Waals surface area contributed by atoms with Crippen LogP contribution in [-0.4, -0.2) is 26.2 Å². The fourth-order valence-electron chi connectivity index (χ4n) is 9.37. The van der Waals surface area contributed by atoms with Crippen LogP contribution in [0.25, 0.3) is 0 Å². The predicted molar refractivity (Wildman–Crippen MR) is 131 cm³/mol. The third-order valence-electron chi connectivity index (χ3n) is 10.5. The van der Waals surface area contributed by atoms with Crippen molar-refractivity contribution in [2.75, 3.05) is 36.0 Å². The fraction of sp³-hybridized carbons (Fsp3) is 0.533. The highest BCUT2D eigenvalue weighted by atomic mass is 15.2. The van der Waals surface area contributed by atoms with E-state index in [1.54, 1.807) is 33.6 Å². The fourth-order valence-corrected chi connectivity index (χ4v) is 9.37. The first-order valence-electron chi connectivity index (χ1n) is 13.3. The van der Waals surface area contributed by atoms with E-state index in [0.717, 1.165) is 23.7 Å². The molecule has 4 heterocycles. The zero-order valence-corrected chi connectivity index (χ0v) is 18.8. The van der Waals surface area contributed by atoms with Crippen LogP contribution in [-0.2, 0) is 0 Å². The van der Waals surface area contributed by atoms with Crippen molar-refractivity contribution in [1.82, 2.24) is 0 Å². The van der Waals surface area contributed by atoms with E-state index in [1.807, 2.05) is 0 Å². The molecule has 1 aromatic rings. The molecule has 4 aliphatic carbocycles. The predicted octanol–water partition coefficient (Wildman–Crippen LogP) is 5.99. The van der Waals surface area contributed by atoms with Gasteiger partial charge in [0.15, 0.2) is 0 Å². The molecule has 0 spiro atoms. The van der Waals surface area contributed by atoms with E-state index in [0.29, 0.717) is 23.7 Å². The van der Waals surface area contributed by atoms with Gasteiger partial charge in [0.1, 0.15) is 0 Å². The smallest absolute Gasteiger partial charge is 0.0451 e. The molecule has 0 unspecified atom stereocenters. The summed E-state index contributed by atoms with van der Waals surface area (Å²) >= 11 is 0. The van der Waals surface area contributed by atoms with Gasteiger partial charge in [0.25, 0.3) is 0 Å². The average Bonchev–Trinajstić information content (AvgIpc) is 3.59. The summed E-state index contributed by atoms with van der Waals surface area (Å²) < 4.78 is 0. The van der Waals surface area contributed by atoms with Crippen molar-refractivity contribution < 1.29 is 0 Å². The van der Waals surface area contributed by atoms with Gasteiger partial charge in [-0.25, -0.2) is 0 Å². The topological polar surface area (TPSA) is 6.48 Å². The molecule has 0 bridgehead atoms. The molecule has 0 aromatic heterocycles. The molecule has 2 heteroatoms. The lowest BCUT2D eigenvalue weighted by Gasteiger charge is -2.54. The zero-order chi connectivity index (χ0) is 20.6. The summed E-state index contributed by atoms with van der Waals surface area (Å²) in [5.41, 5.74) is 10.5. The van der Waals surface area contributed by atoms with E-state index in [4.69, 9.17) is 0 Å². The number of anilines is 2. The van der Waals surface area contributed by atoms with E-state index in [-0.39, 0.29) is 0 Å². The van der Waals surface area contributed by atoms with Gasteiger partial charge >= 0.3 is 0 Å². The van der Waals surface area contributed by atoms with Crippen LogP contribution in [0.1, 0.15) is 71.6 Å². The first-order valence-corrected chi connectivity index (χ1v) is 13.3. The Hall–Kier alpha value is -2.22. The van der Waals surface area contributed by atoms with Gasteiger partial charge in [0.05, 0.1) is 0 Å². The standard InChI is InChI=1S/C30H32N2/c1-5-17-13-31-14-18-6-3-11-23(18)27-28-24-12-4-8-20(24)16-32-15-19-7-2-10-22(19)26(30(28)32)25(29(27)31)21(17)9-1/h1-4,9-12,17-24H,5-8,13-16H2/t17-,18-,19+,20+,21-,22-,23-,24+/m1/s1. The molecule has 0 saturated heterocycles. The number of hydrogen-bond donors (Lipinski definition) is 0. The third-order valence-corrected chi connectivity index (χ3v) is 10.5. The number of allylic oxidation sites excluding steroid dienone is 8. The van der Waals surface area contributed by atoms with Crippen molar-refractivity contribution >= 4 is 11.4 Å². The van der Waals surface area contributed by atoms with E-state index in [9.17, 15) is 0 Å². The zero-order valence-electron chi connectivity index (χ0n) is 18.8. The van der Waals surface area contributed by atoms with Crippen LogP contribution in [0.5, 0.6) is 0 Å². The Morgan fingerprint density at radius 3 is 1.00 bits per heavy atom. The third kappa shape index (κ3) is 1.92. The molecule has 0 amide bonds. The molecular weight excluding hydrogens is 388 g/mol. The second kappa shape index (κ2) is 5.82. The maximum atomic E-state index is 2.89. The van der Waals surface area contributed by atoms with E-state index >= 15 is 0 Å². The molecule has 8 aliphatic rings. The Balaban J connectivity index is 1.43. The molecular formula is C30H32N2. The van der Waals surface area contributed by atoms with Crippen LogP contribution in [0.3, 0.4) is 0 Å². The minimum atomic E-state index is 0.647. The van der Waals surface area contributed by atoms with Crippen LogP contribution in [0.2, 0.25) is 0 Å². The Morgan fingerprint density at radius 1 is 0.438 bits per heavy atom. The van der Waals surface area contributed by atoms with Crippen molar-refractivity contribution in [3.63, 3.8) is 0 Å². The second-order valence-corrected chi connectivity index (χ2v) is 12.0. The van der Waals surface area contributed by atoms with Crippen molar-refractivity contribution in [2.45, 2.75) is 49.4 Å². The van der Waals surface area contributed by atoms with Crippen LogP contribution >= 0.6 is 0 Å². The van der Waals surface area contributed by atoms with Crippen LogP contribution in [0, 0.1) is 23.7 Å². The van der Waals surface area contributed by atoms with Crippen molar-refractivity contribution in [3.8, 4) is 0 Å². The Morgan fingerprint density at radius 2 is 0.719 bits per heavy atom. The van der Waals surface area contributed by atoms with Crippen molar-refractivity contribution in [2.24, 2.45) is 23.7 Å². The number of rotatable bonds is 0. The summed E-state index contributed by atoms with van der Waals surface area (Å²) in [5.74, 6) is 5.75. The molecule has 4 aliphatic heterocycles. The van der Waals surface area contributed by atoms with Gasteiger partial charge in [0.2, 0.25) is 0 Å². The summed E-state index contributed by atoms with van der Waals surface area (Å²) in [6, 6.07) is 0. The summed E-state index contributed by atoms with van der Waals surface area (Å²) in [5, 5.41) is 0. The quantitative estimate of drug-likeness (QED) is 0.476. The maximum Gasteiger partial charge on any atom is 0.0451 e. The lowest BCUT2D eigenvalue weighted by molar-refractivity contribution is 0.379. The second-order valence-electron chi connectivity index (χ2n) is 12.0. The SMILES string of the molecule is C1=C[C@@H]2c3c4c5c(c6c3N(C[C@@H]2C1)C[C@@H]1CC=C[C@@H]61)[C@@H]1C=CC[C@@H]1CN5C[C@H]1CC=C[C@@H]41. The number of hydrogen-bond acceptors (Lipinski definition) is 2. The molecule has 0 fully saturated rings. The first kappa shape index (κ1) is 17.3. The number of nitrogens with zero attached hydrogens (tertiary/aromatic N) is 2. The lowest BCUT2D eigenvalue weighted by Crippen LogP contribution is -2.49. The minimum absolute atomic E-state index is 0.647. The van der Waals surface area contributed by atoms with Gasteiger partial charge in [-0.2, -0.15) is 0 Å². The summed E-state index contributed by atoms with van der Waals surface area (Å²) in [6.45, 7) is 5.10. The maximum absolute atomic E-state index is 2.89. The molecule has 0 saturated carbocycles. The number of benzene rings is 1. The highest BCUT2D eigenvalue weighted by Gasteiger charge is 2.52. The Kier molecular flexibility index (Phi) is 3.14. The van der Waals surface area contributed by atoms with E-state index < -0.39 is 0 Å². The summed E-state index contributed by atoms with van der Waals surface area (Å²) in [7, 11) is 0. The molecule has 0 radical (unpaired) electrons. The van der Waals surface area contributed by atoms with Gasteiger partial charge < -0.3 is 9.80 Å².